The maximum absolute atomic E-state index is 10.7. The van der Waals surface area contributed by atoms with Gasteiger partial charge in [-0.15, -0.1) is 0 Å². The Morgan fingerprint density at radius 2 is 1.29 bits per heavy atom. The average Bonchev–Trinajstić information content (AvgIpc) is 2.93. The molecule has 0 bridgehead atoms. The molecular weight excluding hydrogens is 544 g/mol. The lowest BCUT2D eigenvalue weighted by molar-refractivity contribution is -0.318. The summed E-state index contributed by atoms with van der Waals surface area (Å²) in [5.74, 6) is 0. The number of rotatable bonds is 14. The molecule has 0 aromatic heterocycles. The Hall–Kier alpha value is -0.680. The molecule has 0 aromatic rings. The van der Waals surface area contributed by atoms with Gasteiger partial charge in [0, 0.05) is 51.4 Å². The first-order valence-corrected chi connectivity index (χ1v) is 14.3. The van der Waals surface area contributed by atoms with Gasteiger partial charge in [0.05, 0.1) is 37.5 Å². The third-order valence-electron chi connectivity index (χ3n) is 8.00. The molecule has 3 fully saturated rings. The minimum Gasteiger partial charge on any atom is -0.394 e. The first kappa shape index (κ1) is 34.8. The number of aliphatic hydroxyl groups is 4. The first-order chi connectivity index (χ1) is 19.6. The zero-order valence-corrected chi connectivity index (χ0v) is 23.5. The van der Waals surface area contributed by atoms with Gasteiger partial charge in [-0.1, -0.05) is 0 Å². The number of ether oxygens (including phenoxy) is 5. The second-order valence-corrected chi connectivity index (χ2v) is 11.0. The van der Waals surface area contributed by atoms with Gasteiger partial charge >= 0.3 is 0 Å². The number of hydrogen-bond donors (Lipinski definition) is 11. The fourth-order valence-corrected chi connectivity index (χ4v) is 5.61. The summed E-state index contributed by atoms with van der Waals surface area (Å²) in [6.07, 6.45) is -9.82. The number of hydrogen-bond acceptors (Lipinski definition) is 17. The molecule has 0 aromatic carbocycles. The second kappa shape index (κ2) is 16.4. The monoisotopic (exact) mass is 596 g/mol. The lowest BCUT2D eigenvalue weighted by atomic mass is 9.84. The Balaban J connectivity index is 1.83. The standard InChI is InChI=1S/C24H52N8O9/c25-1-3-32(4-2-26)5-6-37-22-20(40-23-13(30)8-14(34)15(9-27)38-23)11(28)7-12(29)21(22)41-24-19(36)17(31)18(35)16(10-33)39-24/h11-24,33-36H,1-10,25-31H2/t11-,12+,13-,14+,15-,16-,17+,18-,19-,20+,21-,22-,23-,24-/m1/s1. The van der Waals surface area contributed by atoms with Gasteiger partial charge in [0.15, 0.2) is 12.6 Å². The Kier molecular flexibility index (Phi) is 13.9. The minimum atomic E-state index is -1.43. The topological polar surface area (TPSA) is 312 Å². The van der Waals surface area contributed by atoms with Crippen molar-refractivity contribution in [2.75, 3.05) is 52.5 Å². The quantitative estimate of drug-likeness (QED) is 0.0886. The molecule has 242 valence electrons. The van der Waals surface area contributed by atoms with Crippen LogP contribution in [0, 0.1) is 0 Å². The molecule has 2 saturated heterocycles. The van der Waals surface area contributed by atoms with Gasteiger partial charge in [0.25, 0.3) is 0 Å². The van der Waals surface area contributed by atoms with E-state index in [4.69, 9.17) is 63.8 Å². The zero-order valence-electron chi connectivity index (χ0n) is 23.5. The fourth-order valence-electron chi connectivity index (χ4n) is 5.61. The van der Waals surface area contributed by atoms with E-state index < -0.39 is 92.2 Å². The van der Waals surface area contributed by atoms with Crippen molar-refractivity contribution in [3.05, 3.63) is 0 Å². The predicted octanol–water partition coefficient (Wildman–Crippen LogP) is -7.05. The van der Waals surface area contributed by atoms with Crippen molar-refractivity contribution < 1.29 is 44.1 Å². The normalized spacial score (nSPS) is 43.9. The number of aliphatic hydroxyl groups excluding tert-OH is 4. The van der Waals surface area contributed by atoms with E-state index in [2.05, 4.69) is 0 Å². The summed E-state index contributed by atoms with van der Waals surface area (Å²) in [6, 6.07) is -3.11. The van der Waals surface area contributed by atoms with E-state index in [1.54, 1.807) is 0 Å². The molecule has 3 aliphatic rings. The molecule has 41 heavy (non-hydrogen) atoms. The maximum Gasteiger partial charge on any atom is 0.186 e. The van der Waals surface area contributed by atoms with Crippen molar-refractivity contribution >= 4 is 0 Å². The van der Waals surface area contributed by atoms with Crippen molar-refractivity contribution in [1.82, 2.24) is 4.90 Å². The SMILES string of the molecule is NCCN(CCN)CCO[C@@H]1[C@@H](O[C@H]2O[C@H](CN)[C@@H](O)C[C@H]2N)[C@H](N)C[C@H](N)[C@H]1O[C@H]1O[C@H](CO)[C@@H](O)[C@H](N)[C@H]1O. The smallest absolute Gasteiger partial charge is 0.186 e. The molecule has 17 nitrogen and oxygen atoms in total. The van der Waals surface area contributed by atoms with E-state index in [1.165, 1.54) is 0 Å². The average molecular weight is 597 g/mol. The van der Waals surface area contributed by atoms with Crippen LogP contribution in [0.1, 0.15) is 12.8 Å². The fraction of sp³-hybridized carbons (Fsp3) is 1.00. The van der Waals surface area contributed by atoms with Crippen LogP contribution in [0.25, 0.3) is 0 Å². The molecule has 0 amide bonds. The van der Waals surface area contributed by atoms with Gasteiger partial charge < -0.3 is 84.2 Å². The lowest BCUT2D eigenvalue weighted by Crippen LogP contribution is -2.68. The predicted molar refractivity (Wildman–Crippen MR) is 147 cm³/mol. The third kappa shape index (κ3) is 8.70. The van der Waals surface area contributed by atoms with Crippen LogP contribution in [0.4, 0.5) is 0 Å². The molecule has 1 aliphatic carbocycles. The van der Waals surface area contributed by atoms with Crippen LogP contribution in [0.15, 0.2) is 0 Å². The Morgan fingerprint density at radius 1 is 0.707 bits per heavy atom. The molecule has 0 radical (unpaired) electrons. The summed E-state index contributed by atoms with van der Waals surface area (Å²) >= 11 is 0. The Labute approximate surface area is 240 Å². The van der Waals surface area contributed by atoms with Crippen LogP contribution in [0.5, 0.6) is 0 Å². The summed E-state index contributed by atoms with van der Waals surface area (Å²) in [6.45, 7) is 2.32. The zero-order chi connectivity index (χ0) is 30.3. The van der Waals surface area contributed by atoms with Gasteiger partial charge in [0.1, 0.15) is 36.6 Å². The highest BCUT2D eigenvalue weighted by molar-refractivity contribution is 5.02. The Bertz CT molecular complexity index is 758. The van der Waals surface area contributed by atoms with Crippen molar-refractivity contribution in [3.8, 4) is 0 Å². The third-order valence-corrected chi connectivity index (χ3v) is 8.00. The molecule has 14 atom stereocenters. The summed E-state index contributed by atoms with van der Waals surface area (Å²) < 4.78 is 30.3. The summed E-state index contributed by atoms with van der Waals surface area (Å²) in [5.41, 5.74) is 42.5. The van der Waals surface area contributed by atoms with Crippen molar-refractivity contribution in [2.45, 2.75) is 98.4 Å². The van der Waals surface area contributed by atoms with E-state index >= 15 is 0 Å². The van der Waals surface area contributed by atoms with E-state index in [0.717, 1.165) is 0 Å². The highest BCUT2D eigenvalue weighted by atomic mass is 16.7. The molecule has 2 heterocycles. The molecular formula is C24H52N8O9. The Morgan fingerprint density at radius 3 is 1.85 bits per heavy atom. The van der Waals surface area contributed by atoms with E-state index in [0.29, 0.717) is 32.7 Å². The van der Waals surface area contributed by atoms with Crippen LogP contribution in [0.3, 0.4) is 0 Å². The lowest BCUT2D eigenvalue weighted by Gasteiger charge is -2.49. The van der Waals surface area contributed by atoms with Gasteiger partial charge in [-0.25, -0.2) is 0 Å². The van der Waals surface area contributed by atoms with Gasteiger partial charge in [-0.05, 0) is 12.8 Å². The van der Waals surface area contributed by atoms with Crippen molar-refractivity contribution in [2.24, 2.45) is 40.1 Å². The summed E-state index contributed by atoms with van der Waals surface area (Å²) in [5, 5.41) is 40.9. The number of nitrogens with zero attached hydrogens (tertiary/aromatic N) is 1. The van der Waals surface area contributed by atoms with Gasteiger partial charge in [0.2, 0.25) is 0 Å². The molecule has 0 spiro atoms. The molecule has 2 aliphatic heterocycles. The van der Waals surface area contributed by atoms with Gasteiger partial charge in [-0.3, -0.25) is 4.90 Å². The van der Waals surface area contributed by atoms with Gasteiger partial charge in [-0.2, -0.15) is 0 Å². The van der Waals surface area contributed by atoms with E-state index in [1.807, 2.05) is 4.90 Å². The van der Waals surface area contributed by atoms with Crippen LogP contribution in [-0.4, -0.2) is 163 Å². The molecule has 1 saturated carbocycles. The number of nitrogens with two attached hydrogens (primary N) is 7. The molecule has 3 rings (SSSR count). The van der Waals surface area contributed by atoms with Crippen molar-refractivity contribution in [3.63, 3.8) is 0 Å². The first-order valence-electron chi connectivity index (χ1n) is 14.3. The van der Waals surface area contributed by atoms with Crippen LogP contribution < -0.4 is 40.1 Å². The molecule has 18 N–H and O–H groups in total. The van der Waals surface area contributed by atoms with Crippen LogP contribution in [0.2, 0.25) is 0 Å². The maximum atomic E-state index is 10.7. The van der Waals surface area contributed by atoms with E-state index in [-0.39, 0.29) is 26.0 Å². The molecule has 0 unspecified atom stereocenters. The largest absolute Gasteiger partial charge is 0.394 e. The molecule has 17 heteroatoms. The summed E-state index contributed by atoms with van der Waals surface area (Å²) in [4.78, 5) is 2.04. The van der Waals surface area contributed by atoms with Crippen molar-refractivity contribution in [1.29, 1.82) is 0 Å². The van der Waals surface area contributed by atoms with E-state index in [9.17, 15) is 20.4 Å². The second-order valence-electron chi connectivity index (χ2n) is 11.0. The minimum absolute atomic E-state index is 0.0637. The highest BCUT2D eigenvalue weighted by Gasteiger charge is 2.51. The van der Waals surface area contributed by atoms with Crippen LogP contribution in [-0.2, 0) is 23.7 Å². The van der Waals surface area contributed by atoms with Crippen LogP contribution >= 0.6 is 0 Å². The highest BCUT2D eigenvalue weighted by Crippen LogP contribution is 2.32. The summed E-state index contributed by atoms with van der Waals surface area (Å²) in [7, 11) is 0.